The molecule has 2 N–H and O–H groups in total. The van der Waals surface area contributed by atoms with Crippen molar-refractivity contribution in [2.24, 2.45) is 0 Å². The number of aromatic nitrogens is 2. The Balaban J connectivity index is 1.53. The van der Waals surface area contributed by atoms with Crippen LogP contribution in [0.3, 0.4) is 0 Å². The van der Waals surface area contributed by atoms with Crippen LogP contribution in [0, 0.1) is 0 Å². The number of urea groups is 1. The second-order valence-corrected chi connectivity index (χ2v) is 6.77. The smallest absolute Gasteiger partial charge is 0.321 e. The molecule has 0 saturated heterocycles. The number of hydrogen-bond acceptors (Lipinski definition) is 5. The normalized spacial score (nSPS) is 14.7. The lowest BCUT2D eigenvalue weighted by atomic mass is 10.2. The second kappa shape index (κ2) is 7.41. The summed E-state index contributed by atoms with van der Waals surface area (Å²) in [5, 5.41) is 15.3. The molecule has 3 rings (SSSR count). The van der Waals surface area contributed by atoms with Gasteiger partial charge < -0.3 is 10.2 Å². The number of rotatable bonds is 5. The van der Waals surface area contributed by atoms with E-state index < -0.39 is 0 Å². The van der Waals surface area contributed by atoms with Gasteiger partial charge in [-0.15, -0.1) is 10.2 Å². The molecular weight excluding hydrogens is 310 g/mol. The Morgan fingerprint density at radius 1 is 1.26 bits per heavy atom. The second-order valence-electron chi connectivity index (χ2n) is 5.81. The Hall–Kier alpha value is -2.15. The van der Waals surface area contributed by atoms with Gasteiger partial charge in [-0.05, 0) is 18.4 Å². The molecule has 2 aromatic rings. The number of benzene rings is 1. The highest BCUT2D eigenvalue weighted by Crippen LogP contribution is 2.24. The summed E-state index contributed by atoms with van der Waals surface area (Å²) >= 11 is 1.38. The third-order valence-corrected chi connectivity index (χ3v) is 4.87. The SMILES string of the molecule is CN(Cc1ccccc1)c1nnc(NC(=O)NC2CCCC2)s1. The third-order valence-electron chi connectivity index (χ3n) is 3.91. The van der Waals surface area contributed by atoms with Crippen LogP contribution in [0.5, 0.6) is 0 Å². The van der Waals surface area contributed by atoms with Gasteiger partial charge in [-0.2, -0.15) is 0 Å². The van der Waals surface area contributed by atoms with E-state index >= 15 is 0 Å². The van der Waals surface area contributed by atoms with Gasteiger partial charge in [0.2, 0.25) is 10.3 Å². The van der Waals surface area contributed by atoms with Crippen molar-refractivity contribution in [2.75, 3.05) is 17.3 Å². The van der Waals surface area contributed by atoms with Gasteiger partial charge in [0.05, 0.1) is 0 Å². The van der Waals surface area contributed by atoms with Crippen molar-refractivity contribution < 1.29 is 4.79 Å². The molecule has 0 aliphatic heterocycles. The molecule has 23 heavy (non-hydrogen) atoms. The lowest BCUT2D eigenvalue weighted by Gasteiger charge is -2.14. The predicted molar refractivity (Wildman–Crippen MR) is 92.9 cm³/mol. The fraction of sp³-hybridized carbons (Fsp3) is 0.438. The van der Waals surface area contributed by atoms with E-state index in [4.69, 9.17) is 0 Å². The highest BCUT2D eigenvalue weighted by molar-refractivity contribution is 7.19. The van der Waals surface area contributed by atoms with E-state index in [2.05, 4.69) is 33.0 Å². The van der Waals surface area contributed by atoms with Gasteiger partial charge in [0.25, 0.3) is 0 Å². The monoisotopic (exact) mass is 331 g/mol. The number of carbonyl (C=O) groups excluding carboxylic acids is 1. The molecule has 1 aliphatic rings. The van der Waals surface area contributed by atoms with E-state index in [1.165, 1.54) is 29.7 Å². The van der Waals surface area contributed by atoms with Crippen LogP contribution in [-0.2, 0) is 6.54 Å². The Morgan fingerprint density at radius 2 is 2.00 bits per heavy atom. The summed E-state index contributed by atoms with van der Waals surface area (Å²) in [5.74, 6) is 0. The number of anilines is 2. The molecule has 0 bridgehead atoms. The van der Waals surface area contributed by atoms with Crippen LogP contribution in [0.1, 0.15) is 31.2 Å². The number of hydrogen-bond donors (Lipinski definition) is 2. The number of amides is 2. The molecule has 1 saturated carbocycles. The van der Waals surface area contributed by atoms with Crippen molar-refractivity contribution in [1.82, 2.24) is 15.5 Å². The van der Waals surface area contributed by atoms with E-state index in [1.54, 1.807) is 0 Å². The van der Waals surface area contributed by atoms with Crippen molar-refractivity contribution in [3.63, 3.8) is 0 Å². The van der Waals surface area contributed by atoms with Crippen LogP contribution in [-0.4, -0.2) is 29.3 Å². The maximum atomic E-state index is 11.9. The van der Waals surface area contributed by atoms with Crippen molar-refractivity contribution in [3.05, 3.63) is 35.9 Å². The highest BCUT2D eigenvalue weighted by atomic mass is 32.1. The topological polar surface area (TPSA) is 70.2 Å². The average Bonchev–Trinajstić information content (AvgIpc) is 3.20. The minimum absolute atomic E-state index is 0.190. The van der Waals surface area contributed by atoms with E-state index in [9.17, 15) is 4.79 Å². The van der Waals surface area contributed by atoms with Crippen LogP contribution < -0.4 is 15.5 Å². The first-order valence-electron chi connectivity index (χ1n) is 7.87. The van der Waals surface area contributed by atoms with Gasteiger partial charge >= 0.3 is 6.03 Å². The Morgan fingerprint density at radius 3 is 2.74 bits per heavy atom. The quantitative estimate of drug-likeness (QED) is 0.882. The summed E-state index contributed by atoms with van der Waals surface area (Å²) in [5.41, 5.74) is 1.21. The first-order chi connectivity index (χ1) is 11.2. The summed E-state index contributed by atoms with van der Waals surface area (Å²) in [4.78, 5) is 14.0. The summed E-state index contributed by atoms with van der Waals surface area (Å²) < 4.78 is 0. The van der Waals surface area contributed by atoms with Crippen molar-refractivity contribution in [3.8, 4) is 0 Å². The van der Waals surface area contributed by atoms with Crippen LogP contribution in [0.25, 0.3) is 0 Å². The molecule has 1 aromatic carbocycles. The van der Waals surface area contributed by atoms with Crippen molar-refractivity contribution >= 4 is 27.6 Å². The molecule has 6 nitrogen and oxygen atoms in total. The maximum Gasteiger partial charge on any atom is 0.321 e. The standard InChI is InChI=1S/C16H21N5OS/c1-21(11-12-7-3-2-4-8-12)16-20-19-15(23-16)18-14(22)17-13-9-5-6-10-13/h2-4,7-8,13H,5-6,9-11H2,1H3,(H2,17,18,19,22). The highest BCUT2D eigenvalue weighted by Gasteiger charge is 2.18. The summed E-state index contributed by atoms with van der Waals surface area (Å²) in [7, 11) is 1.97. The van der Waals surface area contributed by atoms with Gasteiger partial charge in [-0.3, -0.25) is 5.32 Å². The minimum atomic E-state index is -0.190. The number of carbonyl (C=O) groups is 1. The Kier molecular flexibility index (Phi) is 5.07. The molecule has 1 aliphatic carbocycles. The first kappa shape index (κ1) is 15.7. The molecule has 0 radical (unpaired) electrons. The molecule has 0 spiro atoms. The molecule has 2 amide bonds. The molecular formula is C16H21N5OS. The lowest BCUT2D eigenvalue weighted by Crippen LogP contribution is -2.36. The lowest BCUT2D eigenvalue weighted by molar-refractivity contribution is 0.248. The third kappa shape index (κ3) is 4.41. The molecule has 1 heterocycles. The Bertz CT molecular complexity index is 639. The van der Waals surface area contributed by atoms with Gasteiger partial charge in [0.15, 0.2) is 0 Å². The van der Waals surface area contributed by atoms with Gasteiger partial charge in [-0.25, -0.2) is 4.79 Å². The van der Waals surface area contributed by atoms with Crippen LogP contribution >= 0.6 is 11.3 Å². The van der Waals surface area contributed by atoms with E-state index in [0.29, 0.717) is 11.2 Å². The Labute approximate surface area is 139 Å². The predicted octanol–water partition coefficient (Wildman–Crippen LogP) is 3.24. The fourth-order valence-corrected chi connectivity index (χ4v) is 3.43. The molecule has 0 unspecified atom stereocenters. The van der Waals surface area contributed by atoms with E-state index in [1.807, 2.05) is 30.1 Å². The molecule has 1 fully saturated rings. The zero-order chi connectivity index (χ0) is 16.1. The average molecular weight is 331 g/mol. The fourth-order valence-electron chi connectivity index (χ4n) is 2.73. The largest absolute Gasteiger partial charge is 0.345 e. The minimum Gasteiger partial charge on any atom is -0.345 e. The van der Waals surface area contributed by atoms with Crippen molar-refractivity contribution in [1.29, 1.82) is 0 Å². The maximum absolute atomic E-state index is 11.9. The van der Waals surface area contributed by atoms with Crippen molar-refractivity contribution in [2.45, 2.75) is 38.3 Å². The molecule has 7 heteroatoms. The summed E-state index contributed by atoms with van der Waals surface area (Å²) in [6.45, 7) is 0.754. The van der Waals surface area contributed by atoms with E-state index in [0.717, 1.165) is 24.5 Å². The molecule has 1 aromatic heterocycles. The van der Waals surface area contributed by atoms with Gasteiger partial charge in [0.1, 0.15) is 0 Å². The van der Waals surface area contributed by atoms with Gasteiger partial charge in [0, 0.05) is 19.6 Å². The zero-order valence-corrected chi connectivity index (χ0v) is 14.0. The van der Waals surface area contributed by atoms with Gasteiger partial charge in [-0.1, -0.05) is 54.5 Å². The van der Waals surface area contributed by atoms with Crippen LogP contribution in [0.2, 0.25) is 0 Å². The number of nitrogens with zero attached hydrogens (tertiary/aromatic N) is 3. The zero-order valence-electron chi connectivity index (χ0n) is 13.2. The van der Waals surface area contributed by atoms with Crippen LogP contribution in [0.15, 0.2) is 30.3 Å². The summed E-state index contributed by atoms with van der Waals surface area (Å²) in [6.07, 6.45) is 4.51. The molecule has 0 atom stereocenters. The molecule has 122 valence electrons. The van der Waals surface area contributed by atoms with E-state index in [-0.39, 0.29) is 6.03 Å². The number of nitrogens with one attached hydrogen (secondary N) is 2. The first-order valence-corrected chi connectivity index (χ1v) is 8.68. The summed E-state index contributed by atoms with van der Waals surface area (Å²) in [6, 6.07) is 10.3. The van der Waals surface area contributed by atoms with Crippen LogP contribution in [0.4, 0.5) is 15.1 Å².